The number of carbonyl (C=O) groups is 1. The number of carboxylic acids is 1. The minimum absolute atomic E-state index is 0. The number of hydrogen-bond donors (Lipinski definition) is 0. The van der Waals surface area contributed by atoms with Crippen molar-refractivity contribution in [2.75, 3.05) is 0 Å². The molecule has 134 valence electrons. The first-order chi connectivity index (χ1) is 9.77. The average Bonchev–Trinajstić information content (AvgIpc) is 2.43. The summed E-state index contributed by atoms with van der Waals surface area (Å²) in [6.07, 6.45) is 20.9. The van der Waals surface area contributed by atoms with Crippen LogP contribution in [0.25, 0.3) is 0 Å². The van der Waals surface area contributed by atoms with Gasteiger partial charge >= 0.3 is 59.1 Å². The van der Waals surface area contributed by atoms with E-state index in [1.807, 2.05) is 0 Å². The van der Waals surface area contributed by atoms with Crippen LogP contribution in [0.1, 0.15) is 96.8 Å². The third-order valence-corrected chi connectivity index (χ3v) is 3.64. The van der Waals surface area contributed by atoms with Crippen LogP contribution in [0.4, 0.5) is 0 Å². The van der Waals surface area contributed by atoms with Crippen molar-refractivity contribution in [3.63, 3.8) is 0 Å². The van der Waals surface area contributed by atoms with Gasteiger partial charge in [-0.3, -0.25) is 0 Å². The molecule has 0 amide bonds. The second kappa shape index (κ2) is 32.2. The van der Waals surface area contributed by atoms with Crippen molar-refractivity contribution >= 4 is 5.97 Å². The summed E-state index contributed by atoms with van der Waals surface area (Å²) in [7, 11) is 0. The molecule has 0 radical (unpaired) electrons. The van der Waals surface area contributed by atoms with Crippen LogP contribution in [0.2, 0.25) is 0 Å². The Bertz CT molecular complexity index is 252. The second-order valence-corrected chi connectivity index (χ2v) is 5.71. The van der Waals surface area contributed by atoms with Gasteiger partial charge in [-0.05, 0) is 38.5 Å². The summed E-state index contributed by atoms with van der Waals surface area (Å²) in [6, 6.07) is 0. The molecule has 0 aromatic rings. The Morgan fingerprint density at radius 1 is 0.750 bits per heavy atom. The number of carboxylic acid groups (broad SMARTS) is 1. The quantitative estimate of drug-likeness (QED) is 0.162. The molecule has 0 spiro atoms. The fourth-order valence-electron chi connectivity index (χ4n) is 2.34. The first-order valence-electron chi connectivity index (χ1n) is 8.62. The fraction of sp³-hybridized carbons (Fsp3) is 0.833. The summed E-state index contributed by atoms with van der Waals surface area (Å²) in [4.78, 5) is 10.2. The van der Waals surface area contributed by atoms with Gasteiger partial charge in [0.1, 0.15) is 0 Å². The van der Waals surface area contributed by atoms with Crippen LogP contribution in [0, 0.1) is 0 Å². The smallest absolute Gasteiger partial charge is 1.00 e. The molecule has 0 unspecified atom stereocenters. The maximum atomic E-state index is 10.2. The molecule has 6 heteroatoms. The van der Waals surface area contributed by atoms with E-state index in [2.05, 4.69) is 19.1 Å². The monoisotopic (exact) mass is 380 g/mol. The van der Waals surface area contributed by atoms with Gasteiger partial charge < -0.3 is 27.8 Å². The van der Waals surface area contributed by atoms with E-state index >= 15 is 0 Å². The third kappa shape index (κ3) is 34.7. The van der Waals surface area contributed by atoms with E-state index in [0.717, 1.165) is 19.3 Å². The fourth-order valence-corrected chi connectivity index (χ4v) is 2.34. The van der Waals surface area contributed by atoms with Gasteiger partial charge in [0.2, 0.25) is 0 Å². The van der Waals surface area contributed by atoms with Crippen LogP contribution in [0.5, 0.6) is 0 Å². The molecule has 0 aliphatic heterocycles. The molecule has 0 bridgehead atoms. The zero-order chi connectivity index (χ0) is 14.9. The Hall–Kier alpha value is 1.46. The van der Waals surface area contributed by atoms with Crippen LogP contribution in [-0.4, -0.2) is 11.4 Å². The number of rotatable bonds is 15. The van der Waals surface area contributed by atoms with Crippen molar-refractivity contribution < 1.29 is 86.9 Å². The minimum Gasteiger partial charge on any atom is -1.00 e. The summed E-state index contributed by atoms with van der Waals surface area (Å²) in [6.45, 7) is 2.26. The average molecular weight is 381 g/mol. The third-order valence-electron chi connectivity index (χ3n) is 3.64. The summed E-state index contributed by atoms with van der Waals surface area (Å²) in [5.41, 5.74) is 0. The van der Waals surface area contributed by atoms with Crippen molar-refractivity contribution in [2.24, 2.45) is 0 Å². The first-order valence-corrected chi connectivity index (χ1v) is 8.62. The van der Waals surface area contributed by atoms with E-state index in [0.29, 0.717) is 0 Å². The van der Waals surface area contributed by atoms with Crippen molar-refractivity contribution in [1.82, 2.24) is 0 Å². The van der Waals surface area contributed by atoms with E-state index in [1.54, 1.807) is 0 Å². The van der Waals surface area contributed by atoms with Crippen LogP contribution >= 0.6 is 0 Å². The molecule has 2 N–H and O–H groups in total. The molecule has 0 aliphatic rings. The maximum absolute atomic E-state index is 10.2. The Labute approximate surface area is 200 Å². The summed E-state index contributed by atoms with van der Waals surface area (Å²) < 4.78 is 0. The molecule has 0 saturated carbocycles. The van der Waals surface area contributed by atoms with Crippen molar-refractivity contribution in [3.05, 3.63) is 12.2 Å². The van der Waals surface area contributed by atoms with Crippen LogP contribution < -0.4 is 76.6 Å². The molecule has 0 atom stereocenters. The van der Waals surface area contributed by atoms with E-state index in [1.165, 1.54) is 64.2 Å². The van der Waals surface area contributed by atoms with Gasteiger partial charge in [-0.2, -0.15) is 0 Å². The van der Waals surface area contributed by atoms with Crippen LogP contribution in [0.3, 0.4) is 0 Å². The topological polar surface area (TPSA) is 71.6 Å². The van der Waals surface area contributed by atoms with Gasteiger partial charge in [0.25, 0.3) is 0 Å². The molecule has 0 saturated heterocycles. The predicted octanol–water partition coefficient (Wildman–Crippen LogP) is -5.04. The number of aliphatic carboxylic acids is 1. The van der Waals surface area contributed by atoms with E-state index in [-0.39, 0.29) is 83.4 Å². The Morgan fingerprint density at radius 3 is 1.54 bits per heavy atom. The zero-order valence-electron chi connectivity index (χ0n) is 16.2. The van der Waals surface area contributed by atoms with Crippen molar-refractivity contribution in [2.45, 2.75) is 96.8 Å². The number of halogens is 1. The normalized spacial score (nSPS) is 9.38. The summed E-state index contributed by atoms with van der Waals surface area (Å²) in [5, 5.41) is 10.2. The predicted molar refractivity (Wildman–Crippen MR) is 88.1 cm³/mol. The number of hydrogen-bond acceptors (Lipinski definition) is 2. The van der Waals surface area contributed by atoms with Gasteiger partial charge in [0, 0.05) is 5.97 Å². The van der Waals surface area contributed by atoms with Crippen molar-refractivity contribution in [3.8, 4) is 0 Å². The Kier molecular flexibility index (Phi) is 48.8. The van der Waals surface area contributed by atoms with E-state index in [9.17, 15) is 9.90 Å². The van der Waals surface area contributed by atoms with E-state index < -0.39 is 5.97 Å². The van der Waals surface area contributed by atoms with Crippen LogP contribution in [-0.2, 0) is 4.79 Å². The molecule has 3 nitrogen and oxygen atoms in total. The van der Waals surface area contributed by atoms with Gasteiger partial charge in [0.15, 0.2) is 0 Å². The molecule has 0 heterocycles. The van der Waals surface area contributed by atoms with Crippen LogP contribution in [0.15, 0.2) is 12.2 Å². The van der Waals surface area contributed by atoms with Gasteiger partial charge in [-0.1, -0.05) is 70.4 Å². The molecule has 0 aromatic carbocycles. The molecule has 0 aliphatic carbocycles. The SMILES string of the molecule is CCCCCCCC/C=C\CCCCCCCC(=O)[O-].O.[Cl-].[Na+].[Na+]. The number of allylic oxidation sites excluding steroid dienone is 2. The summed E-state index contributed by atoms with van der Waals surface area (Å²) in [5.74, 6) is -0.914. The standard InChI is InChI=1S/C18H34O2.ClH.2Na.H2O/c1-2-3-4-5-6-7-8-9-10-11-12-13-14-15-16-17-18(19)20;;;;/h9-10H,2-8,11-17H2,1H3,(H,19,20);1H;;;1H2/q;;2*+1;/p-2/b10-9-;;;;. The molecule has 0 aromatic heterocycles. The molecule has 0 fully saturated rings. The maximum Gasteiger partial charge on any atom is 1.00 e. The van der Waals surface area contributed by atoms with Gasteiger partial charge in [-0.25, -0.2) is 0 Å². The molecule has 0 rings (SSSR count). The van der Waals surface area contributed by atoms with Crippen molar-refractivity contribution in [1.29, 1.82) is 0 Å². The Morgan fingerprint density at radius 2 is 1.12 bits per heavy atom. The largest absolute Gasteiger partial charge is 1.00 e. The minimum atomic E-state index is -0.914. The summed E-state index contributed by atoms with van der Waals surface area (Å²) >= 11 is 0. The second-order valence-electron chi connectivity index (χ2n) is 5.71. The van der Waals surface area contributed by atoms with Gasteiger partial charge in [-0.15, -0.1) is 0 Å². The van der Waals surface area contributed by atoms with Gasteiger partial charge in [0.05, 0.1) is 0 Å². The van der Waals surface area contributed by atoms with E-state index in [4.69, 9.17) is 0 Å². The zero-order valence-corrected chi connectivity index (χ0v) is 21.0. The molecular formula is C18H35ClNa2O3. The first kappa shape index (κ1) is 36.4. The number of carbonyl (C=O) groups excluding carboxylic acids is 1. The Balaban J connectivity index is -0.000000301. The number of unbranched alkanes of at least 4 members (excludes halogenated alkanes) is 11. The molecular weight excluding hydrogens is 346 g/mol. The molecule has 24 heavy (non-hydrogen) atoms.